The molecule has 2 heteroatoms. The SMILES string of the molecule is CCNCC(C)(C)CN(C)c1cc(C)cc(C)c1. The van der Waals surface area contributed by atoms with Crippen molar-refractivity contribution in [2.24, 2.45) is 5.41 Å². The Balaban J connectivity index is 2.72. The van der Waals surface area contributed by atoms with E-state index in [-0.39, 0.29) is 5.41 Å². The Morgan fingerprint density at radius 2 is 1.67 bits per heavy atom. The third kappa shape index (κ3) is 4.69. The summed E-state index contributed by atoms with van der Waals surface area (Å²) in [5, 5.41) is 3.44. The largest absolute Gasteiger partial charge is 0.374 e. The summed E-state index contributed by atoms with van der Waals surface area (Å²) in [7, 11) is 2.18. The van der Waals surface area contributed by atoms with Crippen LogP contribution in [0.2, 0.25) is 0 Å². The predicted molar refractivity (Wildman–Crippen MR) is 81.5 cm³/mol. The van der Waals surface area contributed by atoms with E-state index < -0.39 is 0 Å². The smallest absolute Gasteiger partial charge is 0.0369 e. The van der Waals surface area contributed by atoms with Crippen LogP contribution in [0.4, 0.5) is 5.69 Å². The van der Waals surface area contributed by atoms with Crippen LogP contribution in [-0.2, 0) is 0 Å². The lowest BCUT2D eigenvalue weighted by atomic mass is 9.92. The van der Waals surface area contributed by atoms with Gasteiger partial charge in [0.25, 0.3) is 0 Å². The van der Waals surface area contributed by atoms with Crippen LogP contribution in [0, 0.1) is 19.3 Å². The number of anilines is 1. The van der Waals surface area contributed by atoms with E-state index in [0.717, 1.165) is 19.6 Å². The topological polar surface area (TPSA) is 15.3 Å². The summed E-state index contributed by atoms with van der Waals surface area (Å²) in [6.07, 6.45) is 0. The number of hydrogen-bond donors (Lipinski definition) is 1. The van der Waals surface area contributed by atoms with Crippen molar-refractivity contribution in [2.45, 2.75) is 34.6 Å². The zero-order valence-corrected chi connectivity index (χ0v) is 12.8. The van der Waals surface area contributed by atoms with Gasteiger partial charge in [-0.15, -0.1) is 0 Å². The highest BCUT2D eigenvalue weighted by atomic mass is 15.1. The predicted octanol–water partition coefficient (Wildman–Crippen LogP) is 3.38. The summed E-state index contributed by atoms with van der Waals surface area (Å²) in [4.78, 5) is 2.36. The average Bonchev–Trinajstić information content (AvgIpc) is 2.24. The van der Waals surface area contributed by atoms with Crippen LogP contribution in [-0.4, -0.2) is 26.7 Å². The molecular formula is C16H28N2. The fourth-order valence-electron chi connectivity index (χ4n) is 2.42. The highest BCUT2D eigenvalue weighted by molar-refractivity contribution is 5.50. The van der Waals surface area contributed by atoms with Gasteiger partial charge in [0.2, 0.25) is 0 Å². The van der Waals surface area contributed by atoms with Crippen molar-refractivity contribution in [3.63, 3.8) is 0 Å². The van der Waals surface area contributed by atoms with Gasteiger partial charge in [-0.25, -0.2) is 0 Å². The van der Waals surface area contributed by atoms with E-state index in [1.165, 1.54) is 16.8 Å². The van der Waals surface area contributed by atoms with Crippen molar-refractivity contribution in [3.05, 3.63) is 29.3 Å². The molecule has 0 aliphatic heterocycles. The molecule has 1 aromatic rings. The number of aryl methyl sites for hydroxylation is 2. The molecule has 0 bridgehead atoms. The van der Waals surface area contributed by atoms with Crippen LogP contribution in [0.5, 0.6) is 0 Å². The maximum atomic E-state index is 3.44. The molecule has 1 aromatic carbocycles. The van der Waals surface area contributed by atoms with Gasteiger partial charge in [-0.2, -0.15) is 0 Å². The minimum atomic E-state index is 0.280. The summed E-state index contributed by atoms with van der Waals surface area (Å²) in [6.45, 7) is 14.3. The normalized spacial score (nSPS) is 11.7. The molecule has 0 heterocycles. The van der Waals surface area contributed by atoms with Gasteiger partial charge in [0, 0.05) is 25.8 Å². The molecule has 0 aliphatic rings. The van der Waals surface area contributed by atoms with Crippen LogP contribution < -0.4 is 10.2 Å². The molecular weight excluding hydrogens is 220 g/mol. The quantitative estimate of drug-likeness (QED) is 0.830. The van der Waals surface area contributed by atoms with E-state index in [9.17, 15) is 0 Å². The molecule has 1 rings (SSSR count). The van der Waals surface area contributed by atoms with Crippen molar-refractivity contribution in [3.8, 4) is 0 Å². The van der Waals surface area contributed by atoms with Gasteiger partial charge in [-0.1, -0.05) is 26.8 Å². The first-order valence-corrected chi connectivity index (χ1v) is 6.84. The molecule has 0 saturated carbocycles. The number of hydrogen-bond acceptors (Lipinski definition) is 2. The number of nitrogens with one attached hydrogen (secondary N) is 1. The van der Waals surface area contributed by atoms with E-state index in [0.29, 0.717) is 0 Å². The molecule has 0 spiro atoms. The summed E-state index contributed by atoms with van der Waals surface area (Å²) in [5.74, 6) is 0. The second-order valence-corrected chi connectivity index (χ2v) is 6.15. The summed E-state index contributed by atoms with van der Waals surface area (Å²) in [5.41, 5.74) is 4.27. The van der Waals surface area contributed by atoms with Crippen molar-refractivity contribution >= 4 is 5.69 Å². The van der Waals surface area contributed by atoms with Gasteiger partial charge in [0.1, 0.15) is 0 Å². The third-order valence-corrected chi connectivity index (χ3v) is 3.17. The van der Waals surface area contributed by atoms with E-state index >= 15 is 0 Å². The van der Waals surface area contributed by atoms with E-state index in [4.69, 9.17) is 0 Å². The van der Waals surface area contributed by atoms with Crippen molar-refractivity contribution in [2.75, 3.05) is 31.6 Å². The Morgan fingerprint density at radius 1 is 1.11 bits per heavy atom. The lowest BCUT2D eigenvalue weighted by Gasteiger charge is -2.32. The average molecular weight is 248 g/mol. The van der Waals surface area contributed by atoms with Crippen LogP contribution in [0.3, 0.4) is 0 Å². The first-order chi connectivity index (χ1) is 8.34. The Morgan fingerprint density at radius 3 is 2.17 bits per heavy atom. The summed E-state index contributed by atoms with van der Waals surface area (Å²) in [6, 6.07) is 6.74. The fourth-order valence-corrected chi connectivity index (χ4v) is 2.42. The van der Waals surface area contributed by atoms with Crippen LogP contribution >= 0.6 is 0 Å². The highest BCUT2D eigenvalue weighted by Gasteiger charge is 2.19. The zero-order chi connectivity index (χ0) is 13.8. The fraction of sp³-hybridized carbons (Fsp3) is 0.625. The molecule has 18 heavy (non-hydrogen) atoms. The molecule has 0 aromatic heterocycles. The third-order valence-electron chi connectivity index (χ3n) is 3.17. The Labute approximate surface area is 112 Å². The van der Waals surface area contributed by atoms with E-state index in [1.54, 1.807) is 0 Å². The summed E-state index contributed by atoms with van der Waals surface area (Å²) >= 11 is 0. The lowest BCUT2D eigenvalue weighted by molar-refractivity contribution is 0.350. The summed E-state index contributed by atoms with van der Waals surface area (Å²) < 4.78 is 0. The van der Waals surface area contributed by atoms with Crippen LogP contribution in [0.25, 0.3) is 0 Å². The van der Waals surface area contributed by atoms with Crippen molar-refractivity contribution in [1.29, 1.82) is 0 Å². The first kappa shape index (κ1) is 15.0. The van der Waals surface area contributed by atoms with Gasteiger partial charge in [0.05, 0.1) is 0 Å². The van der Waals surface area contributed by atoms with Gasteiger partial charge in [0.15, 0.2) is 0 Å². The minimum Gasteiger partial charge on any atom is -0.374 e. The van der Waals surface area contributed by atoms with E-state index in [2.05, 4.69) is 70.1 Å². The lowest BCUT2D eigenvalue weighted by Crippen LogP contribution is -2.39. The van der Waals surface area contributed by atoms with Crippen LogP contribution in [0.15, 0.2) is 18.2 Å². The molecule has 1 N–H and O–H groups in total. The highest BCUT2D eigenvalue weighted by Crippen LogP contribution is 2.22. The zero-order valence-electron chi connectivity index (χ0n) is 12.8. The molecule has 0 saturated heterocycles. The first-order valence-electron chi connectivity index (χ1n) is 6.84. The van der Waals surface area contributed by atoms with Gasteiger partial charge >= 0.3 is 0 Å². The number of nitrogens with zero attached hydrogens (tertiary/aromatic N) is 1. The molecule has 0 radical (unpaired) electrons. The number of rotatable bonds is 6. The van der Waals surface area contributed by atoms with Crippen molar-refractivity contribution in [1.82, 2.24) is 5.32 Å². The second kappa shape index (κ2) is 6.24. The molecule has 2 nitrogen and oxygen atoms in total. The molecule has 0 fully saturated rings. The van der Waals surface area contributed by atoms with Crippen molar-refractivity contribution < 1.29 is 0 Å². The number of benzene rings is 1. The van der Waals surface area contributed by atoms with Gasteiger partial charge in [-0.3, -0.25) is 0 Å². The monoisotopic (exact) mass is 248 g/mol. The molecule has 0 atom stereocenters. The van der Waals surface area contributed by atoms with Gasteiger partial charge < -0.3 is 10.2 Å². The second-order valence-electron chi connectivity index (χ2n) is 6.15. The van der Waals surface area contributed by atoms with Gasteiger partial charge in [-0.05, 0) is 49.1 Å². The Hall–Kier alpha value is -1.02. The molecule has 0 unspecified atom stereocenters. The maximum absolute atomic E-state index is 3.44. The Kier molecular flexibility index (Phi) is 5.21. The molecule has 0 aliphatic carbocycles. The Bertz CT molecular complexity index is 362. The molecule has 0 amide bonds. The maximum Gasteiger partial charge on any atom is 0.0369 e. The van der Waals surface area contributed by atoms with Crippen LogP contribution in [0.1, 0.15) is 31.9 Å². The minimum absolute atomic E-state index is 0.280. The molecule has 102 valence electrons. The standard InChI is InChI=1S/C16H28N2/c1-7-17-11-16(4,5)12-18(6)15-9-13(2)8-14(3)10-15/h8-10,17H,7,11-12H2,1-6H3. The van der Waals surface area contributed by atoms with E-state index in [1.807, 2.05) is 0 Å².